The van der Waals surface area contributed by atoms with Crippen molar-refractivity contribution in [1.82, 2.24) is 0 Å². The Hall–Kier alpha value is -1.96. The van der Waals surface area contributed by atoms with Crippen molar-refractivity contribution < 1.29 is 0 Å². The van der Waals surface area contributed by atoms with Gasteiger partial charge in [0.1, 0.15) is 0 Å². The van der Waals surface area contributed by atoms with Gasteiger partial charge in [-0.25, -0.2) is 0 Å². The first-order valence-electron chi connectivity index (χ1n) is 5.95. The molecular weight excluding hydrogens is 220 g/mol. The number of hydrogen-bond donors (Lipinski definition) is 0. The molecule has 0 aliphatic heterocycles. The zero-order chi connectivity index (χ0) is 13.8. The molecule has 0 aromatic heterocycles. The highest BCUT2D eigenvalue weighted by atomic mass is 14.7. The van der Waals surface area contributed by atoms with Crippen LogP contribution in [0.1, 0.15) is 20.3 Å². The van der Waals surface area contributed by atoms with E-state index in [2.05, 4.69) is 48.8 Å². The van der Waals surface area contributed by atoms with E-state index in [4.69, 9.17) is 0 Å². The molecule has 1 unspecified atom stereocenters. The fourth-order valence-corrected chi connectivity index (χ4v) is 1.13. The van der Waals surface area contributed by atoms with Crippen molar-refractivity contribution in [1.29, 1.82) is 0 Å². The van der Waals surface area contributed by atoms with E-state index in [1.165, 1.54) is 0 Å². The summed E-state index contributed by atoms with van der Waals surface area (Å²) >= 11 is 0. The minimum Gasteiger partial charge on any atom is -0.264 e. The van der Waals surface area contributed by atoms with Gasteiger partial charge in [0, 0.05) is 24.2 Å². The topological polar surface area (TPSA) is 24.7 Å². The first-order valence-corrected chi connectivity index (χ1v) is 5.95. The minimum absolute atomic E-state index is 0.544. The van der Waals surface area contributed by atoms with Gasteiger partial charge in [0.2, 0.25) is 0 Å². The molecular formula is C16H22N2. The molecule has 0 saturated carbocycles. The van der Waals surface area contributed by atoms with Crippen molar-refractivity contribution in [2.24, 2.45) is 15.9 Å². The van der Waals surface area contributed by atoms with Crippen molar-refractivity contribution in [2.45, 2.75) is 20.3 Å². The van der Waals surface area contributed by atoms with Crippen LogP contribution in [0.4, 0.5) is 0 Å². The monoisotopic (exact) mass is 242 g/mol. The molecule has 0 saturated heterocycles. The standard InChI is InChI=1S/C16H22N2/c1-6-9-14(3)10-8-11-17-12-15(4)13-18-16(5)7-2/h6-9,11-14H,2,4-5,10H2,1,3H3/b9-6-,11-8-,17-12?,18-13?. The van der Waals surface area contributed by atoms with E-state index in [9.17, 15) is 0 Å². The van der Waals surface area contributed by atoms with Gasteiger partial charge in [0.15, 0.2) is 0 Å². The third-order valence-corrected chi connectivity index (χ3v) is 2.09. The summed E-state index contributed by atoms with van der Waals surface area (Å²) < 4.78 is 0. The third kappa shape index (κ3) is 9.28. The maximum Gasteiger partial charge on any atom is 0.0552 e. The average molecular weight is 242 g/mol. The number of nitrogens with zero attached hydrogens (tertiary/aromatic N) is 2. The zero-order valence-electron chi connectivity index (χ0n) is 11.3. The fraction of sp³-hybridized carbons (Fsp3) is 0.250. The number of allylic oxidation sites excluding steroid dienone is 5. The summed E-state index contributed by atoms with van der Waals surface area (Å²) in [7, 11) is 0. The van der Waals surface area contributed by atoms with Crippen molar-refractivity contribution >= 4 is 12.4 Å². The molecule has 18 heavy (non-hydrogen) atoms. The highest BCUT2D eigenvalue weighted by Gasteiger charge is 1.90. The Balaban J connectivity index is 4.05. The highest BCUT2D eigenvalue weighted by Crippen LogP contribution is 2.04. The van der Waals surface area contributed by atoms with Gasteiger partial charge in [-0.15, -0.1) is 0 Å². The molecule has 0 rings (SSSR count). The molecule has 0 N–H and O–H groups in total. The number of hydrogen-bond acceptors (Lipinski definition) is 2. The summed E-state index contributed by atoms with van der Waals surface area (Å²) in [5.41, 5.74) is 1.34. The molecule has 0 aromatic carbocycles. The molecule has 2 heteroatoms. The van der Waals surface area contributed by atoms with Crippen molar-refractivity contribution in [3.63, 3.8) is 0 Å². The normalized spacial score (nSPS) is 13.9. The predicted molar refractivity (Wildman–Crippen MR) is 83.2 cm³/mol. The first kappa shape index (κ1) is 16.0. The summed E-state index contributed by atoms with van der Waals surface area (Å²) in [5, 5.41) is 0. The summed E-state index contributed by atoms with van der Waals surface area (Å²) in [6.07, 6.45) is 13.9. The van der Waals surface area contributed by atoms with Gasteiger partial charge in [-0.3, -0.25) is 9.98 Å². The van der Waals surface area contributed by atoms with E-state index >= 15 is 0 Å². The number of aliphatic imine (C=N–C) groups is 2. The van der Waals surface area contributed by atoms with Gasteiger partial charge < -0.3 is 0 Å². The van der Waals surface area contributed by atoms with Gasteiger partial charge in [0.05, 0.1) is 5.70 Å². The van der Waals surface area contributed by atoms with E-state index < -0.39 is 0 Å². The SMILES string of the molecule is C=CC(=C)N=CC(=C)C=N/C=C\CC(C)/C=C\C. The van der Waals surface area contributed by atoms with Crippen LogP contribution in [-0.4, -0.2) is 12.4 Å². The lowest BCUT2D eigenvalue weighted by Gasteiger charge is -1.98. The second-order valence-electron chi connectivity index (χ2n) is 3.93. The Morgan fingerprint density at radius 1 is 1.28 bits per heavy atom. The predicted octanol–water partition coefficient (Wildman–Crippen LogP) is 4.50. The van der Waals surface area contributed by atoms with E-state index in [0.29, 0.717) is 11.6 Å². The third-order valence-electron chi connectivity index (χ3n) is 2.09. The summed E-state index contributed by atoms with van der Waals surface area (Å²) in [6, 6.07) is 0. The Bertz CT molecular complexity index is 395. The first-order chi connectivity index (χ1) is 8.60. The van der Waals surface area contributed by atoms with Crippen LogP contribution >= 0.6 is 0 Å². The van der Waals surface area contributed by atoms with E-state index in [1.54, 1.807) is 24.7 Å². The van der Waals surface area contributed by atoms with Crippen LogP contribution in [0.2, 0.25) is 0 Å². The molecule has 2 nitrogen and oxygen atoms in total. The maximum atomic E-state index is 4.13. The molecule has 0 radical (unpaired) electrons. The van der Waals surface area contributed by atoms with Crippen LogP contribution in [0.5, 0.6) is 0 Å². The summed E-state index contributed by atoms with van der Waals surface area (Å²) in [6.45, 7) is 15.2. The smallest absolute Gasteiger partial charge is 0.0552 e. The second-order valence-corrected chi connectivity index (χ2v) is 3.93. The van der Waals surface area contributed by atoms with Crippen molar-refractivity contribution in [3.8, 4) is 0 Å². The van der Waals surface area contributed by atoms with Gasteiger partial charge in [-0.1, -0.05) is 44.9 Å². The maximum absolute atomic E-state index is 4.13. The van der Waals surface area contributed by atoms with Crippen LogP contribution in [0, 0.1) is 5.92 Å². The molecule has 0 spiro atoms. The largest absolute Gasteiger partial charge is 0.264 e. The Labute approximate surface area is 111 Å². The fourth-order valence-electron chi connectivity index (χ4n) is 1.13. The highest BCUT2D eigenvalue weighted by molar-refractivity contribution is 6.03. The van der Waals surface area contributed by atoms with Gasteiger partial charge in [0.25, 0.3) is 0 Å². The van der Waals surface area contributed by atoms with E-state index in [0.717, 1.165) is 12.0 Å². The Kier molecular flexibility index (Phi) is 9.10. The number of rotatable bonds is 8. The average Bonchev–Trinajstić information content (AvgIpc) is 2.35. The van der Waals surface area contributed by atoms with E-state index in [1.807, 2.05) is 13.0 Å². The van der Waals surface area contributed by atoms with Crippen LogP contribution in [-0.2, 0) is 0 Å². The van der Waals surface area contributed by atoms with E-state index in [-0.39, 0.29) is 0 Å². The molecule has 0 aliphatic carbocycles. The van der Waals surface area contributed by atoms with Crippen LogP contribution in [0.3, 0.4) is 0 Å². The molecule has 0 bridgehead atoms. The lowest BCUT2D eigenvalue weighted by Crippen LogP contribution is -1.85. The zero-order valence-corrected chi connectivity index (χ0v) is 11.3. The molecule has 0 aromatic rings. The molecule has 1 atom stereocenters. The lowest BCUT2D eigenvalue weighted by atomic mass is 10.1. The van der Waals surface area contributed by atoms with Gasteiger partial charge in [-0.05, 0) is 25.3 Å². The minimum atomic E-state index is 0.544. The molecule has 96 valence electrons. The quantitative estimate of drug-likeness (QED) is 0.340. The van der Waals surface area contributed by atoms with Crippen molar-refractivity contribution in [2.75, 3.05) is 0 Å². The van der Waals surface area contributed by atoms with Crippen LogP contribution < -0.4 is 0 Å². The second kappa shape index (κ2) is 10.2. The van der Waals surface area contributed by atoms with Crippen molar-refractivity contribution in [3.05, 3.63) is 61.5 Å². The Morgan fingerprint density at radius 3 is 2.61 bits per heavy atom. The molecule has 0 heterocycles. The molecule has 0 aliphatic rings. The summed E-state index contributed by atoms with van der Waals surface area (Å²) in [4.78, 5) is 8.16. The van der Waals surface area contributed by atoms with Crippen LogP contribution in [0.25, 0.3) is 0 Å². The van der Waals surface area contributed by atoms with Gasteiger partial charge in [-0.2, -0.15) is 0 Å². The van der Waals surface area contributed by atoms with Gasteiger partial charge >= 0.3 is 0 Å². The summed E-state index contributed by atoms with van der Waals surface area (Å²) in [5.74, 6) is 0.544. The lowest BCUT2D eigenvalue weighted by molar-refractivity contribution is 0.742. The Morgan fingerprint density at radius 2 is 2.00 bits per heavy atom. The molecule has 0 fully saturated rings. The van der Waals surface area contributed by atoms with Crippen LogP contribution in [0.15, 0.2) is 71.5 Å². The molecule has 0 amide bonds.